The van der Waals surface area contributed by atoms with E-state index in [2.05, 4.69) is 18.8 Å². The maximum atomic E-state index is 13.4. The summed E-state index contributed by atoms with van der Waals surface area (Å²) >= 11 is 0. The second-order valence-corrected chi connectivity index (χ2v) is 10.2. The third kappa shape index (κ3) is 5.88. The number of aliphatic hydroxyl groups excluding tert-OH is 1. The molecular formula is C31H34N2O5. The first kappa shape index (κ1) is 26.9. The van der Waals surface area contributed by atoms with Crippen molar-refractivity contribution in [3.05, 3.63) is 94.8 Å². The van der Waals surface area contributed by atoms with E-state index < -0.39 is 17.7 Å². The number of rotatable bonds is 9. The standard InChI is InChI=1S/C31H34N2O5/c1-19(2)18-37-25-11-8-9-22(16-25)28-27(29(34)23-12-13-26(21(5)15-23)38-20(3)4)30(35)31(36)33(28)17-24-10-6-7-14-32-24/h6-16,19-20,28,34H,17-18H2,1-5H3/b29-27+. The zero-order valence-corrected chi connectivity index (χ0v) is 22.5. The Morgan fingerprint density at radius 2 is 1.82 bits per heavy atom. The number of Topliss-reactive ketones (excluding diaryl/α,β-unsaturated/α-hetero) is 1. The Labute approximate surface area is 223 Å². The molecule has 38 heavy (non-hydrogen) atoms. The predicted molar refractivity (Wildman–Crippen MR) is 146 cm³/mol. The van der Waals surface area contributed by atoms with Crippen molar-refractivity contribution < 1.29 is 24.2 Å². The molecule has 1 fully saturated rings. The van der Waals surface area contributed by atoms with Gasteiger partial charge in [0.1, 0.15) is 17.3 Å². The summed E-state index contributed by atoms with van der Waals surface area (Å²) in [6.45, 7) is 10.5. The molecule has 7 nitrogen and oxygen atoms in total. The van der Waals surface area contributed by atoms with Crippen molar-refractivity contribution in [1.29, 1.82) is 0 Å². The van der Waals surface area contributed by atoms with E-state index in [-0.39, 0.29) is 24.0 Å². The topological polar surface area (TPSA) is 89.0 Å². The number of amides is 1. The predicted octanol–water partition coefficient (Wildman–Crippen LogP) is 5.83. The Balaban J connectivity index is 1.82. The van der Waals surface area contributed by atoms with Crippen LogP contribution in [0.5, 0.6) is 11.5 Å². The first-order chi connectivity index (χ1) is 18.2. The van der Waals surface area contributed by atoms with Gasteiger partial charge < -0.3 is 19.5 Å². The third-order valence-corrected chi connectivity index (χ3v) is 6.17. The highest BCUT2D eigenvalue weighted by molar-refractivity contribution is 6.46. The third-order valence-electron chi connectivity index (χ3n) is 6.17. The molecule has 4 rings (SSSR count). The summed E-state index contributed by atoms with van der Waals surface area (Å²) in [5.41, 5.74) is 2.58. The number of likely N-dealkylation sites (tertiary alicyclic amines) is 1. The molecule has 1 aliphatic heterocycles. The van der Waals surface area contributed by atoms with E-state index in [0.717, 1.165) is 5.56 Å². The van der Waals surface area contributed by atoms with Crippen LogP contribution in [0, 0.1) is 12.8 Å². The molecule has 1 aliphatic rings. The van der Waals surface area contributed by atoms with Crippen LogP contribution in [0.4, 0.5) is 0 Å². The van der Waals surface area contributed by atoms with Gasteiger partial charge in [-0.2, -0.15) is 0 Å². The number of ether oxygens (including phenoxy) is 2. The maximum Gasteiger partial charge on any atom is 0.296 e. The van der Waals surface area contributed by atoms with Crippen molar-refractivity contribution in [1.82, 2.24) is 9.88 Å². The van der Waals surface area contributed by atoms with E-state index in [0.29, 0.717) is 40.8 Å². The second kappa shape index (κ2) is 11.5. The lowest BCUT2D eigenvalue weighted by Gasteiger charge is -2.25. The largest absolute Gasteiger partial charge is 0.507 e. The van der Waals surface area contributed by atoms with Gasteiger partial charge in [-0.25, -0.2) is 0 Å². The zero-order chi connectivity index (χ0) is 27.4. The summed E-state index contributed by atoms with van der Waals surface area (Å²) in [4.78, 5) is 32.6. The first-order valence-electron chi connectivity index (χ1n) is 12.8. The molecule has 1 unspecified atom stereocenters. The molecule has 7 heteroatoms. The highest BCUT2D eigenvalue weighted by Crippen LogP contribution is 2.41. The monoisotopic (exact) mass is 514 g/mol. The van der Waals surface area contributed by atoms with Crippen LogP contribution in [0.2, 0.25) is 0 Å². The number of nitrogens with zero attached hydrogens (tertiary/aromatic N) is 2. The van der Waals surface area contributed by atoms with Crippen LogP contribution in [0.25, 0.3) is 5.76 Å². The van der Waals surface area contributed by atoms with Crippen molar-refractivity contribution in [2.75, 3.05) is 6.61 Å². The number of carbonyl (C=O) groups is 2. The Kier molecular flexibility index (Phi) is 8.15. The number of aromatic nitrogens is 1. The number of ketones is 1. The Morgan fingerprint density at radius 1 is 1.03 bits per heavy atom. The summed E-state index contributed by atoms with van der Waals surface area (Å²) in [6, 6.07) is 17.2. The fourth-order valence-corrected chi connectivity index (χ4v) is 4.43. The number of aliphatic hydroxyl groups is 1. The molecule has 0 radical (unpaired) electrons. The van der Waals surface area contributed by atoms with Gasteiger partial charge in [-0.05, 0) is 80.3 Å². The number of hydrogen-bond acceptors (Lipinski definition) is 6. The Bertz CT molecular complexity index is 1350. The van der Waals surface area contributed by atoms with E-state index in [4.69, 9.17) is 9.47 Å². The summed E-state index contributed by atoms with van der Waals surface area (Å²) in [5.74, 6) is -0.00227. The minimum atomic E-state index is -0.813. The van der Waals surface area contributed by atoms with Crippen molar-refractivity contribution in [2.24, 2.45) is 5.92 Å². The lowest BCUT2D eigenvalue weighted by Crippen LogP contribution is -2.29. The summed E-state index contributed by atoms with van der Waals surface area (Å²) in [6.07, 6.45) is 1.64. The van der Waals surface area contributed by atoms with Gasteiger partial charge in [0.05, 0.1) is 36.6 Å². The SMILES string of the molecule is Cc1cc(/C(O)=C2\C(=O)C(=O)N(Cc3ccccn3)C2c2cccc(OCC(C)C)c2)ccc1OC(C)C. The van der Waals surface area contributed by atoms with Gasteiger partial charge in [0, 0.05) is 11.8 Å². The molecule has 1 saturated heterocycles. The maximum absolute atomic E-state index is 13.4. The molecule has 3 aromatic rings. The molecule has 2 heterocycles. The van der Waals surface area contributed by atoms with Gasteiger partial charge in [-0.15, -0.1) is 0 Å². The van der Waals surface area contributed by atoms with Gasteiger partial charge in [-0.1, -0.05) is 32.0 Å². The number of benzene rings is 2. The fourth-order valence-electron chi connectivity index (χ4n) is 4.43. The Morgan fingerprint density at radius 3 is 2.47 bits per heavy atom. The number of hydrogen-bond donors (Lipinski definition) is 1. The van der Waals surface area contributed by atoms with Gasteiger partial charge >= 0.3 is 0 Å². The van der Waals surface area contributed by atoms with Crippen LogP contribution in [-0.4, -0.2) is 39.4 Å². The van der Waals surface area contributed by atoms with Crippen molar-refractivity contribution in [3.63, 3.8) is 0 Å². The summed E-state index contributed by atoms with van der Waals surface area (Å²) in [5, 5.41) is 11.5. The molecular weight excluding hydrogens is 480 g/mol. The first-order valence-corrected chi connectivity index (χ1v) is 12.8. The Hall–Kier alpha value is -4.13. The lowest BCUT2D eigenvalue weighted by molar-refractivity contribution is -0.140. The van der Waals surface area contributed by atoms with E-state index in [1.807, 2.05) is 51.1 Å². The molecule has 1 aromatic heterocycles. The van der Waals surface area contributed by atoms with Crippen LogP contribution < -0.4 is 9.47 Å². The van der Waals surface area contributed by atoms with Crippen LogP contribution in [-0.2, 0) is 16.1 Å². The van der Waals surface area contributed by atoms with Crippen molar-refractivity contribution >= 4 is 17.4 Å². The zero-order valence-electron chi connectivity index (χ0n) is 22.5. The van der Waals surface area contributed by atoms with Gasteiger partial charge in [0.25, 0.3) is 11.7 Å². The average Bonchev–Trinajstić information content (AvgIpc) is 3.13. The van der Waals surface area contributed by atoms with E-state index >= 15 is 0 Å². The highest BCUT2D eigenvalue weighted by atomic mass is 16.5. The molecule has 1 amide bonds. The number of aryl methyl sites for hydroxylation is 1. The minimum Gasteiger partial charge on any atom is -0.507 e. The van der Waals surface area contributed by atoms with Gasteiger partial charge in [0.2, 0.25) is 0 Å². The molecule has 1 N–H and O–H groups in total. The van der Waals surface area contributed by atoms with Crippen LogP contribution in [0.3, 0.4) is 0 Å². The van der Waals surface area contributed by atoms with Crippen LogP contribution in [0.1, 0.15) is 56.1 Å². The summed E-state index contributed by atoms with van der Waals surface area (Å²) < 4.78 is 11.7. The number of carbonyl (C=O) groups excluding carboxylic acids is 2. The number of pyridine rings is 1. The molecule has 2 aromatic carbocycles. The van der Waals surface area contributed by atoms with Crippen molar-refractivity contribution in [2.45, 2.75) is 53.3 Å². The molecule has 0 spiro atoms. The van der Waals surface area contributed by atoms with Crippen molar-refractivity contribution in [3.8, 4) is 11.5 Å². The van der Waals surface area contributed by atoms with Gasteiger partial charge in [0.15, 0.2) is 0 Å². The normalized spacial score (nSPS) is 16.9. The fraction of sp³-hybridized carbons (Fsp3) is 0.323. The molecule has 0 aliphatic carbocycles. The average molecular weight is 515 g/mol. The molecule has 198 valence electrons. The van der Waals surface area contributed by atoms with E-state index in [9.17, 15) is 14.7 Å². The quantitative estimate of drug-likeness (QED) is 0.219. The van der Waals surface area contributed by atoms with Gasteiger partial charge in [-0.3, -0.25) is 14.6 Å². The highest BCUT2D eigenvalue weighted by Gasteiger charge is 2.46. The molecule has 0 bridgehead atoms. The lowest BCUT2D eigenvalue weighted by atomic mass is 9.94. The smallest absolute Gasteiger partial charge is 0.296 e. The second-order valence-electron chi connectivity index (χ2n) is 10.2. The van der Waals surface area contributed by atoms with E-state index in [1.54, 1.807) is 36.5 Å². The van der Waals surface area contributed by atoms with Crippen LogP contribution >= 0.6 is 0 Å². The van der Waals surface area contributed by atoms with Crippen LogP contribution in [0.15, 0.2) is 72.4 Å². The molecule has 0 saturated carbocycles. The molecule has 1 atom stereocenters. The van der Waals surface area contributed by atoms with E-state index in [1.165, 1.54) is 4.90 Å². The minimum absolute atomic E-state index is 0.00439. The summed E-state index contributed by atoms with van der Waals surface area (Å²) in [7, 11) is 0.